The molecular formula is C15H26N5O5P. The Kier molecular flexibility index (Phi) is 7.08. The molecule has 2 aromatic rings. The summed E-state index contributed by atoms with van der Waals surface area (Å²) in [6.45, 7) is 7.02. The quantitative estimate of drug-likeness (QED) is 0.585. The molecule has 146 valence electrons. The van der Waals surface area contributed by atoms with Gasteiger partial charge >= 0.3 is 7.60 Å². The molecule has 10 nitrogen and oxygen atoms in total. The van der Waals surface area contributed by atoms with Gasteiger partial charge in [0.25, 0.3) is 0 Å². The van der Waals surface area contributed by atoms with E-state index in [1.807, 2.05) is 0 Å². The van der Waals surface area contributed by atoms with Crippen LogP contribution in [0.15, 0.2) is 12.7 Å². The molecule has 0 aromatic carbocycles. The van der Waals surface area contributed by atoms with Crippen molar-refractivity contribution in [3.05, 3.63) is 12.7 Å². The van der Waals surface area contributed by atoms with Gasteiger partial charge in [0.15, 0.2) is 11.5 Å². The van der Waals surface area contributed by atoms with Crippen molar-refractivity contribution in [2.24, 2.45) is 0 Å². The third-order valence-corrected chi connectivity index (χ3v) is 5.20. The molecule has 0 aliphatic carbocycles. The number of nitrogens with two attached hydrogens (primary N) is 1. The highest BCUT2D eigenvalue weighted by Crippen LogP contribution is 2.50. The van der Waals surface area contributed by atoms with Crippen LogP contribution in [-0.2, 0) is 24.9 Å². The normalized spacial score (nSPS) is 13.8. The second-order valence-corrected chi connectivity index (χ2v) is 8.25. The van der Waals surface area contributed by atoms with E-state index in [1.54, 1.807) is 32.3 Å². The summed E-state index contributed by atoms with van der Waals surface area (Å²) in [7, 11) is -3.45. The minimum atomic E-state index is -3.45. The fraction of sp³-hybridized carbons (Fsp3) is 0.667. The molecule has 0 saturated carbocycles. The van der Waals surface area contributed by atoms with E-state index in [-0.39, 0.29) is 37.5 Å². The Morgan fingerprint density at radius 2 is 1.85 bits per heavy atom. The molecule has 0 aliphatic rings. The van der Waals surface area contributed by atoms with Crippen LogP contribution >= 0.6 is 7.60 Å². The number of hydrogen-bond donors (Lipinski definition) is 2. The number of aliphatic hydroxyl groups excluding tert-OH is 1. The predicted molar refractivity (Wildman–Crippen MR) is 96.6 cm³/mol. The second-order valence-electron chi connectivity index (χ2n) is 6.35. The summed E-state index contributed by atoms with van der Waals surface area (Å²) in [4.78, 5) is 12.2. The number of aromatic nitrogens is 4. The molecule has 0 aliphatic heterocycles. The minimum Gasteiger partial charge on any atom is -0.394 e. The molecule has 2 heterocycles. The largest absolute Gasteiger partial charge is 0.394 e. The van der Waals surface area contributed by atoms with Gasteiger partial charge in [0, 0.05) is 0 Å². The number of ether oxygens (including phenoxy) is 1. The van der Waals surface area contributed by atoms with Crippen LogP contribution in [0, 0.1) is 0 Å². The van der Waals surface area contributed by atoms with Gasteiger partial charge in [0.2, 0.25) is 0 Å². The average Bonchev–Trinajstić information content (AvgIpc) is 2.94. The van der Waals surface area contributed by atoms with Crippen LogP contribution in [0.25, 0.3) is 11.2 Å². The zero-order valence-corrected chi connectivity index (χ0v) is 16.3. The fourth-order valence-corrected chi connectivity index (χ4v) is 4.19. The molecule has 0 spiro atoms. The lowest BCUT2D eigenvalue weighted by atomic mass is 10.3. The van der Waals surface area contributed by atoms with Crippen molar-refractivity contribution in [2.45, 2.75) is 52.6 Å². The van der Waals surface area contributed by atoms with Crippen molar-refractivity contribution < 1.29 is 23.5 Å². The number of nitrogen functional groups attached to an aromatic ring is 1. The first kappa shape index (κ1) is 20.7. The first-order chi connectivity index (χ1) is 12.2. The van der Waals surface area contributed by atoms with Gasteiger partial charge in [0.05, 0.1) is 37.8 Å². The van der Waals surface area contributed by atoms with E-state index in [0.29, 0.717) is 11.2 Å². The predicted octanol–water partition coefficient (Wildman–Crippen LogP) is 1.79. The minimum absolute atomic E-state index is 0.243. The molecule has 11 heteroatoms. The van der Waals surface area contributed by atoms with Crippen molar-refractivity contribution in [2.75, 3.05) is 18.7 Å². The molecule has 0 saturated heterocycles. The van der Waals surface area contributed by atoms with Crippen LogP contribution in [0.2, 0.25) is 0 Å². The van der Waals surface area contributed by atoms with Crippen LogP contribution in [0.1, 0.15) is 27.7 Å². The Morgan fingerprint density at radius 1 is 1.19 bits per heavy atom. The van der Waals surface area contributed by atoms with E-state index < -0.39 is 13.7 Å². The van der Waals surface area contributed by atoms with E-state index in [4.69, 9.17) is 19.5 Å². The number of fused-ring (bicyclic) bond motifs is 1. The number of hydrogen-bond acceptors (Lipinski definition) is 9. The molecule has 1 atom stereocenters. The molecule has 3 N–H and O–H groups in total. The van der Waals surface area contributed by atoms with E-state index in [9.17, 15) is 9.67 Å². The molecule has 26 heavy (non-hydrogen) atoms. The number of aliphatic hydroxyl groups is 1. The van der Waals surface area contributed by atoms with E-state index in [0.717, 1.165) is 0 Å². The Balaban J connectivity index is 2.08. The smallest absolute Gasteiger partial charge is 0.356 e. The van der Waals surface area contributed by atoms with Gasteiger partial charge in [-0.15, -0.1) is 0 Å². The van der Waals surface area contributed by atoms with Gasteiger partial charge in [-0.2, -0.15) is 0 Å². The standard InChI is InChI=1S/C15H26N5O5P/c1-10(2)24-26(22,25-11(3)4)9-23-12(6-21)5-20-8-19-13-14(16)17-7-18-15(13)20/h7-8,10-12,21H,5-6,9H2,1-4H3,(H2,16,17,18)/t12-/m0/s1. The Labute approximate surface area is 152 Å². The zero-order chi connectivity index (χ0) is 19.3. The molecular weight excluding hydrogens is 361 g/mol. The SMILES string of the molecule is CC(C)OP(=O)(CO[C@H](CO)Cn1cnc2c(N)ncnc21)OC(C)C. The number of anilines is 1. The van der Waals surface area contributed by atoms with Gasteiger partial charge in [-0.05, 0) is 27.7 Å². The van der Waals surface area contributed by atoms with E-state index in [2.05, 4.69) is 15.0 Å². The maximum Gasteiger partial charge on any atom is 0.356 e. The van der Waals surface area contributed by atoms with Gasteiger partial charge in [-0.25, -0.2) is 15.0 Å². The van der Waals surface area contributed by atoms with Crippen molar-refractivity contribution in [1.29, 1.82) is 0 Å². The summed E-state index contributed by atoms with van der Waals surface area (Å²) in [5, 5.41) is 9.62. The van der Waals surface area contributed by atoms with Gasteiger partial charge in [-0.1, -0.05) is 0 Å². The first-order valence-corrected chi connectivity index (χ1v) is 10.1. The highest BCUT2D eigenvalue weighted by atomic mass is 31.2. The third-order valence-electron chi connectivity index (χ3n) is 3.24. The Morgan fingerprint density at radius 3 is 2.42 bits per heavy atom. The first-order valence-electron chi connectivity index (χ1n) is 8.33. The average molecular weight is 387 g/mol. The molecule has 0 amide bonds. The lowest BCUT2D eigenvalue weighted by molar-refractivity contribution is 0.0112. The highest BCUT2D eigenvalue weighted by Gasteiger charge is 2.29. The van der Waals surface area contributed by atoms with E-state index >= 15 is 0 Å². The van der Waals surface area contributed by atoms with Crippen LogP contribution in [0.3, 0.4) is 0 Å². The Hall–Kier alpha value is -1.58. The second kappa shape index (κ2) is 8.88. The van der Waals surface area contributed by atoms with Crippen molar-refractivity contribution in [1.82, 2.24) is 19.5 Å². The van der Waals surface area contributed by atoms with Crippen molar-refractivity contribution >= 4 is 24.6 Å². The van der Waals surface area contributed by atoms with Crippen LogP contribution in [-0.4, -0.2) is 55.9 Å². The molecule has 0 radical (unpaired) electrons. The molecule has 0 unspecified atom stereocenters. The summed E-state index contributed by atoms with van der Waals surface area (Å²) in [6, 6.07) is 0. The summed E-state index contributed by atoms with van der Waals surface area (Å²) in [5.74, 6) is 0.274. The summed E-state index contributed by atoms with van der Waals surface area (Å²) >= 11 is 0. The van der Waals surface area contributed by atoms with Crippen LogP contribution in [0.4, 0.5) is 5.82 Å². The van der Waals surface area contributed by atoms with Crippen molar-refractivity contribution in [3.8, 4) is 0 Å². The molecule has 2 aromatic heterocycles. The number of imidazole rings is 1. The monoisotopic (exact) mass is 387 g/mol. The summed E-state index contributed by atoms with van der Waals surface area (Å²) in [5.41, 5.74) is 6.76. The van der Waals surface area contributed by atoms with Crippen LogP contribution < -0.4 is 5.73 Å². The third kappa shape index (κ3) is 5.46. The van der Waals surface area contributed by atoms with Gasteiger partial charge < -0.3 is 29.2 Å². The maximum atomic E-state index is 12.8. The zero-order valence-electron chi connectivity index (χ0n) is 15.4. The molecule has 0 bridgehead atoms. The van der Waals surface area contributed by atoms with Gasteiger partial charge in [0.1, 0.15) is 18.2 Å². The topological polar surface area (TPSA) is 135 Å². The number of nitrogens with zero attached hydrogens (tertiary/aromatic N) is 4. The summed E-state index contributed by atoms with van der Waals surface area (Å²) < 4.78 is 31.0. The maximum absolute atomic E-state index is 12.8. The Bertz CT molecular complexity index is 752. The van der Waals surface area contributed by atoms with Crippen molar-refractivity contribution in [3.63, 3.8) is 0 Å². The van der Waals surface area contributed by atoms with Crippen LogP contribution in [0.5, 0.6) is 0 Å². The highest BCUT2D eigenvalue weighted by molar-refractivity contribution is 7.53. The van der Waals surface area contributed by atoms with E-state index in [1.165, 1.54) is 12.7 Å². The molecule has 0 fully saturated rings. The lowest BCUT2D eigenvalue weighted by Gasteiger charge is -2.24. The number of rotatable bonds is 10. The summed E-state index contributed by atoms with van der Waals surface area (Å²) in [6.07, 6.45) is 1.39. The fourth-order valence-electron chi connectivity index (χ4n) is 2.34. The lowest BCUT2D eigenvalue weighted by Crippen LogP contribution is -2.25. The van der Waals surface area contributed by atoms with Gasteiger partial charge in [-0.3, -0.25) is 4.57 Å². The molecule has 2 rings (SSSR count).